The van der Waals surface area contributed by atoms with Gasteiger partial charge in [0, 0.05) is 18.8 Å². The van der Waals surface area contributed by atoms with Gasteiger partial charge in [-0.05, 0) is 32.4 Å². The minimum Gasteiger partial charge on any atom is -0.444 e. The van der Waals surface area contributed by atoms with Crippen molar-refractivity contribution < 1.29 is 17.9 Å². The topological polar surface area (TPSA) is 98.5 Å². The average molecular weight is 314 g/mol. The molecule has 0 aliphatic heterocycles. The molecular formula is C14H22N2O4S. The van der Waals surface area contributed by atoms with Crippen molar-refractivity contribution in [3.63, 3.8) is 0 Å². The first kappa shape index (κ1) is 17.5. The van der Waals surface area contributed by atoms with Gasteiger partial charge in [-0.1, -0.05) is 18.2 Å². The molecule has 0 aromatic heterocycles. The van der Waals surface area contributed by atoms with E-state index in [0.717, 1.165) is 6.26 Å². The molecule has 1 aromatic carbocycles. The van der Waals surface area contributed by atoms with Gasteiger partial charge in [0.1, 0.15) is 5.60 Å². The van der Waals surface area contributed by atoms with Crippen molar-refractivity contribution in [2.75, 3.05) is 12.8 Å². The van der Waals surface area contributed by atoms with Crippen molar-refractivity contribution in [3.05, 3.63) is 29.8 Å². The Labute approximate surface area is 125 Å². The van der Waals surface area contributed by atoms with Gasteiger partial charge in [0.15, 0.2) is 9.84 Å². The monoisotopic (exact) mass is 314 g/mol. The molecule has 0 saturated heterocycles. The van der Waals surface area contributed by atoms with Crippen molar-refractivity contribution in [1.29, 1.82) is 0 Å². The molecule has 1 atom stereocenters. The van der Waals surface area contributed by atoms with Crippen LogP contribution in [0.25, 0.3) is 0 Å². The average Bonchev–Trinajstić information content (AvgIpc) is 2.33. The molecular weight excluding hydrogens is 292 g/mol. The number of carbonyl (C=O) groups excluding carboxylic acids is 1. The predicted molar refractivity (Wildman–Crippen MR) is 80.7 cm³/mol. The van der Waals surface area contributed by atoms with E-state index in [4.69, 9.17) is 10.5 Å². The highest BCUT2D eigenvalue weighted by molar-refractivity contribution is 7.90. The second-order valence-corrected chi connectivity index (χ2v) is 7.78. The lowest BCUT2D eigenvalue weighted by Gasteiger charge is -2.21. The van der Waals surface area contributed by atoms with Gasteiger partial charge in [0.25, 0.3) is 0 Å². The Morgan fingerprint density at radius 1 is 1.33 bits per heavy atom. The summed E-state index contributed by atoms with van der Waals surface area (Å²) >= 11 is 0. The van der Waals surface area contributed by atoms with Crippen LogP contribution in [0, 0.1) is 0 Å². The summed E-state index contributed by atoms with van der Waals surface area (Å²) in [7, 11) is -3.37. The number of nitrogens with one attached hydrogen (secondary N) is 1. The molecule has 1 unspecified atom stereocenters. The van der Waals surface area contributed by atoms with E-state index in [-0.39, 0.29) is 11.4 Å². The number of amides is 1. The number of nitrogens with two attached hydrogens (primary N) is 1. The summed E-state index contributed by atoms with van der Waals surface area (Å²) in [5.74, 6) is 0. The lowest BCUT2D eigenvalue weighted by molar-refractivity contribution is 0.0524. The van der Waals surface area contributed by atoms with Gasteiger partial charge < -0.3 is 15.8 Å². The van der Waals surface area contributed by atoms with Crippen molar-refractivity contribution in [1.82, 2.24) is 5.32 Å². The van der Waals surface area contributed by atoms with E-state index >= 15 is 0 Å². The fourth-order valence-corrected chi connectivity index (χ4v) is 2.72. The Kier molecular flexibility index (Phi) is 5.36. The normalized spacial score (nSPS) is 13.6. The van der Waals surface area contributed by atoms with Crippen LogP contribution in [0.3, 0.4) is 0 Å². The molecule has 118 valence electrons. The quantitative estimate of drug-likeness (QED) is 0.880. The number of hydrogen-bond acceptors (Lipinski definition) is 5. The molecule has 1 amide bonds. The molecule has 0 saturated carbocycles. The van der Waals surface area contributed by atoms with Gasteiger partial charge in [-0.2, -0.15) is 0 Å². The fourth-order valence-electron chi connectivity index (χ4n) is 1.74. The standard InChI is InChI=1S/C14H22N2O4S/c1-14(2,3)20-13(17)16-9-11(15)10-7-5-6-8-12(10)21(4,18)19/h5-8,11H,9,15H2,1-4H3,(H,16,17). The van der Waals surface area contributed by atoms with E-state index in [1.54, 1.807) is 39.0 Å². The maximum Gasteiger partial charge on any atom is 0.407 e. The summed E-state index contributed by atoms with van der Waals surface area (Å²) in [4.78, 5) is 11.7. The van der Waals surface area contributed by atoms with Crippen molar-refractivity contribution >= 4 is 15.9 Å². The Hall–Kier alpha value is -1.60. The lowest BCUT2D eigenvalue weighted by Crippen LogP contribution is -2.36. The number of benzene rings is 1. The second-order valence-electron chi connectivity index (χ2n) is 5.80. The third-order valence-electron chi connectivity index (χ3n) is 2.58. The Balaban J connectivity index is 2.78. The lowest BCUT2D eigenvalue weighted by atomic mass is 10.1. The van der Waals surface area contributed by atoms with Crippen LogP contribution in [-0.4, -0.2) is 32.9 Å². The highest BCUT2D eigenvalue weighted by atomic mass is 32.2. The van der Waals surface area contributed by atoms with E-state index in [2.05, 4.69) is 5.32 Å². The molecule has 1 aromatic rings. The minimum atomic E-state index is -3.37. The molecule has 21 heavy (non-hydrogen) atoms. The summed E-state index contributed by atoms with van der Waals surface area (Å²) in [5.41, 5.74) is 5.84. The SMILES string of the molecule is CC(C)(C)OC(=O)NCC(N)c1ccccc1S(C)(=O)=O. The molecule has 0 fully saturated rings. The molecule has 1 rings (SSSR count). The van der Waals surface area contributed by atoms with Crippen molar-refractivity contribution in [3.8, 4) is 0 Å². The third kappa shape index (κ3) is 5.73. The van der Waals surface area contributed by atoms with E-state index in [1.807, 2.05) is 0 Å². The Morgan fingerprint density at radius 2 is 1.90 bits per heavy atom. The zero-order valence-electron chi connectivity index (χ0n) is 12.7. The van der Waals surface area contributed by atoms with E-state index < -0.39 is 27.6 Å². The van der Waals surface area contributed by atoms with E-state index in [9.17, 15) is 13.2 Å². The highest BCUT2D eigenvalue weighted by Crippen LogP contribution is 2.20. The van der Waals surface area contributed by atoms with E-state index in [0.29, 0.717) is 5.56 Å². The van der Waals surface area contributed by atoms with Crippen LogP contribution in [0.4, 0.5) is 4.79 Å². The van der Waals surface area contributed by atoms with Crippen LogP contribution in [0.5, 0.6) is 0 Å². The van der Waals surface area contributed by atoms with Crippen LogP contribution < -0.4 is 11.1 Å². The van der Waals surface area contributed by atoms with Crippen LogP contribution in [0.2, 0.25) is 0 Å². The van der Waals surface area contributed by atoms with Crippen molar-refractivity contribution in [2.45, 2.75) is 37.3 Å². The van der Waals surface area contributed by atoms with Gasteiger partial charge in [-0.3, -0.25) is 0 Å². The molecule has 0 radical (unpaired) electrons. The number of hydrogen-bond donors (Lipinski definition) is 2. The molecule has 0 aliphatic carbocycles. The smallest absolute Gasteiger partial charge is 0.407 e. The molecule has 6 nitrogen and oxygen atoms in total. The van der Waals surface area contributed by atoms with Crippen LogP contribution in [0.15, 0.2) is 29.2 Å². The van der Waals surface area contributed by atoms with Gasteiger partial charge in [-0.15, -0.1) is 0 Å². The molecule has 0 spiro atoms. The summed E-state index contributed by atoms with van der Waals surface area (Å²) in [6, 6.07) is 5.84. The van der Waals surface area contributed by atoms with Crippen LogP contribution in [-0.2, 0) is 14.6 Å². The zero-order chi connectivity index (χ0) is 16.3. The Morgan fingerprint density at radius 3 is 2.43 bits per heavy atom. The number of rotatable bonds is 4. The third-order valence-corrected chi connectivity index (χ3v) is 3.75. The number of ether oxygens (including phenoxy) is 1. The maximum absolute atomic E-state index is 11.7. The van der Waals surface area contributed by atoms with Gasteiger partial charge in [0.05, 0.1) is 4.90 Å². The predicted octanol–water partition coefficient (Wildman–Crippen LogP) is 1.61. The summed E-state index contributed by atoms with van der Waals surface area (Å²) in [6.45, 7) is 5.35. The van der Waals surface area contributed by atoms with Crippen LogP contribution >= 0.6 is 0 Å². The zero-order valence-corrected chi connectivity index (χ0v) is 13.5. The first-order valence-corrected chi connectivity index (χ1v) is 8.41. The first-order chi connectivity index (χ1) is 9.50. The number of sulfone groups is 1. The summed E-state index contributed by atoms with van der Waals surface area (Å²) < 4.78 is 28.5. The minimum absolute atomic E-state index is 0.0848. The largest absolute Gasteiger partial charge is 0.444 e. The molecule has 3 N–H and O–H groups in total. The van der Waals surface area contributed by atoms with Gasteiger partial charge in [0.2, 0.25) is 0 Å². The molecule has 0 heterocycles. The second kappa shape index (κ2) is 6.44. The first-order valence-electron chi connectivity index (χ1n) is 6.52. The van der Waals surface area contributed by atoms with E-state index in [1.165, 1.54) is 6.07 Å². The van der Waals surface area contributed by atoms with Crippen molar-refractivity contribution in [2.24, 2.45) is 5.73 Å². The molecule has 0 bridgehead atoms. The Bertz CT molecular complexity index is 606. The summed E-state index contributed by atoms with van der Waals surface area (Å²) in [5, 5.41) is 2.54. The number of alkyl carbamates (subject to hydrolysis) is 1. The van der Waals surface area contributed by atoms with Crippen LogP contribution in [0.1, 0.15) is 32.4 Å². The summed E-state index contributed by atoms with van der Waals surface area (Å²) in [6.07, 6.45) is 0.537. The molecule has 7 heteroatoms. The van der Waals surface area contributed by atoms with Gasteiger partial charge in [-0.25, -0.2) is 13.2 Å². The molecule has 0 aliphatic rings. The maximum atomic E-state index is 11.7. The van der Waals surface area contributed by atoms with Gasteiger partial charge >= 0.3 is 6.09 Å². The number of carbonyl (C=O) groups is 1. The highest BCUT2D eigenvalue weighted by Gasteiger charge is 2.20. The fraction of sp³-hybridized carbons (Fsp3) is 0.500.